The number of carbonyl (C=O) groups is 2. The standard InChI is InChI=1S/C17H17FN2O2S/c18-14-6-8-15(9-7-14)20-17(22)12-23-11-16(21)19-10-13-4-2-1-3-5-13/h1-9H,10-12H2,(H,19,21)(H,20,22). The van der Waals surface area contributed by atoms with E-state index in [2.05, 4.69) is 10.6 Å². The lowest BCUT2D eigenvalue weighted by Crippen LogP contribution is -2.25. The average Bonchev–Trinajstić information content (AvgIpc) is 2.56. The van der Waals surface area contributed by atoms with Crippen molar-refractivity contribution in [2.24, 2.45) is 0 Å². The molecule has 0 aliphatic rings. The van der Waals surface area contributed by atoms with Crippen LogP contribution in [0.3, 0.4) is 0 Å². The van der Waals surface area contributed by atoms with E-state index in [1.165, 1.54) is 36.0 Å². The maximum atomic E-state index is 12.7. The number of hydrogen-bond acceptors (Lipinski definition) is 3. The van der Waals surface area contributed by atoms with Crippen LogP contribution in [0.4, 0.5) is 10.1 Å². The molecule has 0 aromatic heterocycles. The van der Waals surface area contributed by atoms with E-state index in [-0.39, 0.29) is 29.1 Å². The molecule has 120 valence electrons. The summed E-state index contributed by atoms with van der Waals surface area (Å²) in [5.41, 5.74) is 1.56. The van der Waals surface area contributed by atoms with Crippen LogP contribution < -0.4 is 10.6 Å². The Kier molecular flexibility index (Phi) is 6.62. The number of halogens is 1. The van der Waals surface area contributed by atoms with Gasteiger partial charge in [0.1, 0.15) is 5.82 Å². The van der Waals surface area contributed by atoms with E-state index >= 15 is 0 Å². The zero-order chi connectivity index (χ0) is 16.5. The smallest absolute Gasteiger partial charge is 0.234 e. The average molecular weight is 332 g/mol. The minimum Gasteiger partial charge on any atom is -0.351 e. The van der Waals surface area contributed by atoms with Crippen molar-refractivity contribution < 1.29 is 14.0 Å². The molecule has 2 rings (SSSR count). The van der Waals surface area contributed by atoms with E-state index in [1.54, 1.807) is 0 Å². The molecule has 0 aliphatic heterocycles. The zero-order valence-corrected chi connectivity index (χ0v) is 13.2. The van der Waals surface area contributed by atoms with E-state index in [9.17, 15) is 14.0 Å². The van der Waals surface area contributed by atoms with Crippen LogP contribution in [-0.2, 0) is 16.1 Å². The molecule has 0 saturated heterocycles. The molecule has 2 N–H and O–H groups in total. The minimum absolute atomic E-state index is 0.117. The molecule has 0 aliphatic carbocycles. The Bertz CT molecular complexity index is 647. The van der Waals surface area contributed by atoms with Crippen LogP contribution in [0.15, 0.2) is 54.6 Å². The molecule has 0 spiro atoms. The van der Waals surface area contributed by atoms with Gasteiger partial charge in [0.25, 0.3) is 0 Å². The first-order valence-corrected chi connectivity index (χ1v) is 8.23. The molecule has 0 unspecified atom stereocenters. The minimum atomic E-state index is -0.354. The number of thioether (sulfide) groups is 1. The number of benzene rings is 2. The second-order valence-corrected chi connectivity index (χ2v) is 5.80. The van der Waals surface area contributed by atoms with Gasteiger partial charge in [0.05, 0.1) is 11.5 Å². The maximum Gasteiger partial charge on any atom is 0.234 e. The second-order valence-electron chi connectivity index (χ2n) is 4.81. The van der Waals surface area contributed by atoms with Crippen molar-refractivity contribution in [2.75, 3.05) is 16.8 Å². The largest absolute Gasteiger partial charge is 0.351 e. The van der Waals surface area contributed by atoms with Crippen molar-refractivity contribution in [3.63, 3.8) is 0 Å². The summed E-state index contributed by atoms with van der Waals surface area (Å²) in [7, 11) is 0. The third-order valence-corrected chi connectivity index (χ3v) is 3.86. The Morgan fingerprint density at radius 3 is 2.26 bits per heavy atom. The van der Waals surface area contributed by atoms with Crippen LogP contribution in [0.2, 0.25) is 0 Å². The summed E-state index contributed by atoms with van der Waals surface area (Å²) in [5, 5.41) is 5.44. The Labute approximate surface area is 138 Å². The molecule has 0 heterocycles. The van der Waals surface area contributed by atoms with E-state index in [4.69, 9.17) is 0 Å². The topological polar surface area (TPSA) is 58.2 Å². The molecule has 0 saturated carbocycles. The lowest BCUT2D eigenvalue weighted by molar-refractivity contribution is -0.118. The zero-order valence-electron chi connectivity index (χ0n) is 12.4. The lowest BCUT2D eigenvalue weighted by Gasteiger charge is -2.06. The van der Waals surface area contributed by atoms with Crippen molar-refractivity contribution >= 4 is 29.3 Å². The van der Waals surface area contributed by atoms with E-state index < -0.39 is 0 Å². The highest BCUT2D eigenvalue weighted by Gasteiger charge is 2.06. The predicted molar refractivity (Wildman–Crippen MR) is 90.6 cm³/mol. The first-order valence-electron chi connectivity index (χ1n) is 7.07. The predicted octanol–water partition coefficient (Wildman–Crippen LogP) is 2.81. The number of nitrogens with one attached hydrogen (secondary N) is 2. The number of amides is 2. The van der Waals surface area contributed by atoms with Gasteiger partial charge < -0.3 is 10.6 Å². The fourth-order valence-electron chi connectivity index (χ4n) is 1.81. The molecule has 2 aromatic carbocycles. The molecule has 0 fully saturated rings. The van der Waals surface area contributed by atoms with Gasteiger partial charge in [0, 0.05) is 12.2 Å². The summed E-state index contributed by atoms with van der Waals surface area (Å²) < 4.78 is 12.7. The van der Waals surface area contributed by atoms with E-state index in [1.807, 2.05) is 30.3 Å². The third-order valence-electron chi connectivity index (χ3n) is 2.93. The van der Waals surface area contributed by atoms with Gasteiger partial charge in [0.2, 0.25) is 11.8 Å². The van der Waals surface area contributed by atoms with Crippen molar-refractivity contribution in [1.29, 1.82) is 0 Å². The maximum absolute atomic E-state index is 12.7. The van der Waals surface area contributed by atoms with Gasteiger partial charge >= 0.3 is 0 Å². The molecule has 6 heteroatoms. The Morgan fingerprint density at radius 1 is 0.913 bits per heavy atom. The SMILES string of the molecule is O=C(CSCC(=O)Nc1ccc(F)cc1)NCc1ccccc1. The molecule has 2 aromatic rings. The highest BCUT2D eigenvalue weighted by atomic mass is 32.2. The number of hydrogen-bond donors (Lipinski definition) is 2. The van der Waals surface area contributed by atoms with Crippen molar-refractivity contribution in [3.8, 4) is 0 Å². The lowest BCUT2D eigenvalue weighted by atomic mass is 10.2. The summed E-state index contributed by atoms with van der Waals surface area (Å²) in [4.78, 5) is 23.4. The number of anilines is 1. The van der Waals surface area contributed by atoms with Gasteiger partial charge in [0.15, 0.2) is 0 Å². The normalized spacial score (nSPS) is 10.1. The van der Waals surface area contributed by atoms with Gasteiger partial charge in [-0.3, -0.25) is 9.59 Å². The first-order chi connectivity index (χ1) is 11.1. The van der Waals surface area contributed by atoms with Gasteiger partial charge in [-0.15, -0.1) is 11.8 Å². The Morgan fingerprint density at radius 2 is 1.57 bits per heavy atom. The second kappa shape index (κ2) is 8.95. The molecule has 4 nitrogen and oxygen atoms in total. The van der Waals surface area contributed by atoms with Crippen LogP contribution in [0.25, 0.3) is 0 Å². The fourth-order valence-corrected chi connectivity index (χ4v) is 2.46. The van der Waals surface area contributed by atoms with Crippen LogP contribution in [0, 0.1) is 5.82 Å². The van der Waals surface area contributed by atoms with Crippen molar-refractivity contribution in [1.82, 2.24) is 5.32 Å². The van der Waals surface area contributed by atoms with Gasteiger partial charge in [-0.2, -0.15) is 0 Å². The van der Waals surface area contributed by atoms with Crippen LogP contribution >= 0.6 is 11.8 Å². The summed E-state index contributed by atoms with van der Waals surface area (Å²) in [6, 6.07) is 15.1. The summed E-state index contributed by atoms with van der Waals surface area (Å²) in [5.74, 6) is -0.321. The van der Waals surface area contributed by atoms with Gasteiger partial charge in [-0.1, -0.05) is 30.3 Å². The third kappa shape index (κ3) is 6.52. The summed E-state index contributed by atoms with van der Waals surface area (Å²) in [6.45, 7) is 0.474. The van der Waals surface area contributed by atoms with E-state index in [0.717, 1.165) is 5.56 Å². The van der Waals surface area contributed by atoms with Crippen LogP contribution in [-0.4, -0.2) is 23.3 Å². The number of carbonyl (C=O) groups excluding carboxylic acids is 2. The molecule has 0 radical (unpaired) electrons. The number of rotatable bonds is 7. The highest BCUT2D eigenvalue weighted by molar-refractivity contribution is 8.00. The highest BCUT2D eigenvalue weighted by Crippen LogP contribution is 2.09. The van der Waals surface area contributed by atoms with Gasteiger partial charge in [-0.25, -0.2) is 4.39 Å². The van der Waals surface area contributed by atoms with Crippen LogP contribution in [0.1, 0.15) is 5.56 Å². The van der Waals surface area contributed by atoms with Crippen LogP contribution in [0.5, 0.6) is 0 Å². The van der Waals surface area contributed by atoms with Crippen molar-refractivity contribution in [3.05, 3.63) is 66.0 Å². The molecule has 0 bridgehead atoms. The first kappa shape index (κ1) is 17.0. The summed E-state index contributed by atoms with van der Waals surface area (Å²) >= 11 is 1.23. The summed E-state index contributed by atoms with van der Waals surface area (Å²) in [6.07, 6.45) is 0. The molecule has 2 amide bonds. The Balaban J connectivity index is 1.63. The fraction of sp³-hybridized carbons (Fsp3) is 0.176. The monoisotopic (exact) mass is 332 g/mol. The molecular formula is C17H17FN2O2S. The quantitative estimate of drug-likeness (QED) is 0.820. The van der Waals surface area contributed by atoms with Crippen molar-refractivity contribution in [2.45, 2.75) is 6.54 Å². The Hall–Kier alpha value is -2.34. The molecular weight excluding hydrogens is 315 g/mol. The molecule has 0 atom stereocenters. The molecule has 23 heavy (non-hydrogen) atoms. The van der Waals surface area contributed by atoms with Gasteiger partial charge in [-0.05, 0) is 29.8 Å². The van der Waals surface area contributed by atoms with E-state index in [0.29, 0.717) is 12.2 Å².